The molecule has 0 fully saturated rings. The van der Waals surface area contributed by atoms with Crippen molar-refractivity contribution in [1.29, 1.82) is 0 Å². The molecule has 24 heteroatoms. The van der Waals surface area contributed by atoms with Crippen molar-refractivity contribution >= 4 is 92.9 Å². The molecule has 0 spiro atoms. The third-order valence-corrected chi connectivity index (χ3v) is 11.6. The van der Waals surface area contributed by atoms with E-state index in [0.29, 0.717) is 34.7 Å². The molecule has 2 heterocycles. The Hall–Kier alpha value is -9.31. The van der Waals surface area contributed by atoms with Gasteiger partial charge >= 0.3 is 36.2 Å². The summed E-state index contributed by atoms with van der Waals surface area (Å²) in [5.41, 5.74) is -1.79. The van der Waals surface area contributed by atoms with Gasteiger partial charge < -0.3 is 47.5 Å². The van der Waals surface area contributed by atoms with Crippen LogP contribution < -0.4 is 14.8 Å². The van der Waals surface area contributed by atoms with Gasteiger partial charge in [0, 0.05) is 68.2 Å². The fourth-order valence-electron chi connectivity index (χ4n) is 8.13. The average Bonchev–Trinajstić information content (AvgIpc) is 2.57. The largest absolute Gasteiger partial charge is 0.460 e. The van der Waals surface area contributed by atoms with Gasteiger partial charge in [-0.25, -0.2) is 24.2 Å². The summed E-state index contributed by atoms with van der Waals surface area (Å²) in [5, 5.41) is 3.71. The Kier molecular flexibility index (Phi) is 25.0. The van der Waals surface area contributed by atoms with Crippen molar-refractivity contribution < 1.29 is 94.8 Å². The summed E-state index contributed by atoms with van der Waals surface area (Å²) < 4.78 is 43.6. The molecule has 474 valence electrons. The molecule has 3 amide bonds. The number of isocyanates is 1. The van der Waals surface area contributed by atoms with E-state index in [9.17, 15) is 57.5 Å². The molecule has 24 nitrogen and oxygen atoms in total. The number of carbonyl (C=O) groups is 11. The van der Waals surface area contributed by atoms with Gasteiger partial charge in [0.25, 0.3) is 0 Å². The van der Waals surface area contributed by atoms with Gasteiger partial charge in [-0.05, 0) is 121 Å². The molecule has 1 N–H and O–H groups in total. The third-order valence-electron chi connectivity index (χ3n) is 11.6. The van der Waals surface area contributed by atoms with Gasteiger partial charge in [0.05, 0.1) is 24.0 Å². The number of hydrogen-bond donors (Lipinski definition) is 1. The number of ether oxygens (including phenoxy) is 6. The van der Waals surface area contributed by atoms with E-state index in [1.54, 1.807) is 132 Å². The molecule has 2 aromatic heterocycles. The zero-order chi connectivity index (χ0) is 66.1. The maximum absolute atomic E-state index is 13.1. The maximum atomic E-state index is 13.1. The SMILES string of the molecule is CC(=O)CN(CCCC(=O)Oc1c2ccccc2c(OC(=O)NCCCCC(=O)OC(C)(C)C)c2oc(C(C)=O)cc12)C(=O)OC(C)(C)C.CC(=O)c1cc2c(o1)C(=O)c1ccccc1C2=O.CC(C)(C)OC(=O)CN(CCN=C=O)C(=O)OC(C)(C)C. The Balaban J connectivity index is 0.000000344. The van der Waals surface area contributed by atoms with Gasteiger partial charge in [-0.1, -0.05) is 48.5 Å². The van der Waals surface area contributed by atoms with Crippen LogP contribution in [-0.2, 0) is 42.9 Å². The maximum Gasteiger partial charge on any atom is 0.412 e. The van der Waals surface area contributed by atoms with Gasteiger partial charge in [-0.2, -0.15) is 0 Å². The molecule has 0 aliphatic heterocycles. The van der Waals surface area contributed by atoms with Gasteiger partial charge in [0.2, 0.25) is 11.9 Å². The van der Waals surface area contributed by atoms with Gasteiger partial charge in [-0.15, -0.1) is 0 Å². The van der Waals surface area contributed by atoms with E-state index < -0.39 is 58.4 Å². The lowest BCUT2D eigenvalue weighted by atomic mass is 9.88. The third kappa shape index (κ3) is 22.5. The highest BCUT2D eigenvalue weighted by atomic mass is 16.6. The number of furan rings is 2. The van der Waals surface area contributed by atoms with Crippen molar-refractivity contribution in [3.8, 4) is 11.5 Å². The lowest BCUT2D eigenvalue weighted by Gasteiger charge is -2.27. The first kappa shape index (κ1) is 71.2. The molecule has 1 aliphatic carbocycles. The summed E-state index contributed by atoms with van der Waals surface area (Å²) in [6.07, 6.45) is 0.544. The number of unbranched alkanes of at least 4 members (excludes halogenated alkanes) is 1. The molecule has 88 heavy (non-hydrogen) atoms. The molecule has 3 aromatic carbocycles. The number of esters is 3. The molecule has 0 radical (unpaired) electrons. The second kappa shape index (κ2) is 30.9. The minimum atomic E-state index is -0.783. The minimum Gasteiger partial charge on any atom is -0.460 e. The van der Waals surface area contributed by atoms with Crippen LogP contribution in [0.3, 0.4) is 0 Å². The molecule has 0 unspecified atom stereocenters. The fourth-order valence-corrected chi connectivity index (χ4v) is 8.13. The number of nitrogens with zero attached hydrogens (tertiary/aromatic N) is 3. The normalized spacial score (nSPS) is 11.9. The van der Waals surface area contributed by atoms with E-state index in [1.807, 2.05) is 0 Å². The molecular weight excluding hydrogens is 1140 g/mol. The van der Waals surface area contributed by atoms with Crippen molar-refractivity contribution in [2.45, 2.75) is 158 Å². The van der Waals surface area contributed by atoms with E-state index >= 15 is 0 Å². The van der Waals surface area contributed by atoms with Crippen LogP contribution in [0.1, 0.15) is 189 Å². The number of fused-ring (bicyclic) bond motifs is 4. The minimum absolute atomic E-state index is 0.0291. The summed E-state index contributed by atoms with van der Waals surface area (Å²) in [6, 6.07) is 16.1. The highest BCUT2D eigenvalue weighted by molar-refractivity contribution is 6.28. The Morgan fingerprint density at radius 1 is 0.534 bits per heavy atom. The summed E-state index contributed by atoms with van der Waals surface area (Å²) in [6.45, 7) is 24.9. The van der Waals surface area contributed by atoms with Crippen molar-refractivity contribution in [2.24, 2.45) is 4.99 Å². The molecule has 0 saturated carbocycles. The number of ketones is 5. The van der Waals surface area contributed by atoms with Crippen molar-refractivity contribution in [3.63, 3.8) is 0 Å². The number of amides is 3. The molecule has 1 aliphatic rings. The number of benzene rings is 3. The average molecular weight is 1220 g/mol. The van der Waals surface area contributed by atoms with Crippen LogP contribution >= 0.6 is 0 Å². The van der Waals surface area contributed by atoms with E-state index in [-0.39, 0.29) is 133 Å². The van der Waals surface area contributed by atoms with Gasteiger partial charge in [0.1, 0.15) is 40.5 Å². The van der Waals surface area contributed by atoms with Gasteiger partial charge in [0.15, 0.2) is 46.0 Å². The highest BCUT2D eigenvalue weighted by Gasteiger charge is 2.34. The standard InChI is InChI=1S/C36H46N2O11.C14H24N2O5.C14H8O4/c1-22(39)21-38(34(44)49-36(6,7)8)19-13-17-28(41)46-30-24-14-9-10-15-25(24)31(32-26(30)20-27(45-32)23(2)40)47-33(43)37-18-12-11-16-29(42)48-35(3,4)5;1-13(2,3)20-11(18)9-16(8-7-15-10-17)12(19)21-14(4,5)6;1-7(15)11-6-10-12(16)8-4-2-3-5-9(8)13(17)14(10)18-11/h9-10,14-15,20H,11-13,16-19,21H2,1-8H3,(H,37,43);7-9H2,1-6H3;2-6H,1H3. The summed E-state index contributed by atoms with van der Waals surface area (Å²) in [7, 11) is 0. The number of hydrogen-bond acceptors (Lipinski definition) is 21. The van der Waals surface area contributed by atoms with Crippen LogP contribution in [0.5, 0.6) is 11.5 Å². The van der Waals surface area contributed by atoms with Gasteiger partial charge in [-0.3, -0.25) is 43.3 Å². The smallest absolute Gasteiger partial charge is 0.412 e. The summed E-state index contributed by atoms with van der Waals surface area (Å²) >= 11 is 0. The number of rotatable bonds is 20. The Bertz CT molecular complexity index is 3430. The monoisotopic (exact) mass is 1220 g/mol. The number of nitrogens with one attached hydrogen (secondary N) is 1. The molecule has 0 saturated heterocycles. The number of carbonyl (C=O) groups excluding carboxylic acids is 12. The predicted octanol–water partition coefficient (Wildman–Crippen LogP) is 11.1. The first-order chi connectivity index (χ1) is 40.9. The lowest BCUT2D eigenvalue weighted by Crippen LogP contribution is -2.42. The molecular formula is C64H78N4O20. The lowest BCUT2D eigenvalue weighted by molar-refractivity contribution is -0.156. The highest BCUT2D eigenvalue weighted by Crippen LogP contribution is 2.45. The van der Waals surface area contributed by atoms with Crippen LogP contribution in [0, 0.1) is 0 Å². The number of aliphatic imine (C=N–C) groups is 1. The quantitative estimate of drug-likeness (QED) is 0.0141. The van der Waals surface area contributed by atoms with Crippen LogP contribution in [0.4, 0.5) is 14.4 Å². The van der Waals surface area contributed by atoms with E-state index in [2.05, 4.69) is 10.3 Å². The molecule has 0 bridgehead atoms. The van der Waals surface area contributed by atoms with E-state index in [1.165, 1.54) is 43.9 Å². The van der Waals surface area contributed by atoms with E-state index in [4.69, 9.17) is 37.3 Å². The van der Waals surface area contributed by atoms with E-state index in [0.717, 1.165) is 4.90 Å². The van der Waals surface area contributed by atoms with Crippen LogP contribution in [-0.4, -0.2) is 143 Å². The topological polar surface area (TPSA) is 317 Å². The summed E-state index contributed by atoms with van der Waals surface area (Å²) in [5.74, 6) is -2.99. The zero-order valence-corrected chi connectivity index (χ0v) is 52.6. The first-order valence-corrected chi connectivity index (χ1v) is 28.3. The zero-order valence-electron chi connectivity index (χ0n) is 52.6. The Morgan fingerprint density at radius 3 is 1.57 bits per heavy atom. The summed E-state index contributed by atoms with van der Waals surface area (Å²) in [4.78, 5) is 150. The number of Topliss-reactive ketones (excluding diaryl/α,β-unsaturated/α-hetero) is 3. The Morgan fingerprint density at radius 2 is 1.03 bits per heavy atom. The molecule has 5 aromatic rings. The van der Waals surface area contributed by atoms with Crippen molar-refractivity contribution in [1.82, 2.24) is 15.1 Å². The second-order valence-corrected chi connectivity index (χ2v) is 24.2. The molecule has 0 atom stereocenters. The van der Waals surface area contributed by atoms with Crippen molar-refractivity contribution in [2.75, 3.05) is 39.3 Å². The second-order valence-electron chi connectivity index (χ2n) is 24.2. The van der Waals surface area contributed by atoms with Crippen LogP contribution in [0.2, 0.25) is 0 Å². The van der Waals surface area contributed by atoms with Crippen LogP contribution in [0.25, 0.3) is 21.7 Å². The predicted molar refractivity (Wildman–Crippen MR) is 319 cm³/mol. The Labute approximate surface area is 509 Å². The fraction of sp³-hybridized carbons (Fsp3) is 0.469. The van der Waals surface area contributed by atoms with Crippen molar-refractivity contribution in [3.05, 3.63) is 94.6 Å². The first-order valence-electron chi connectivity index (χ1n) is 28.3. The van der Waals surface area contributed by atoms with Crippen LogP contribution in [0.15, 0.2) is 74.5 Å². The molecule has 6 rings (SSSR count).